The molecular formula is C35H34N6O4S2. The van der Waals surface area contributed by atoms with Crippen LogP contribution < -0.4 is 15.2 Å². The van der Waals surface area contributed by atoms with Crippen LogP contribution in [0.15, 0.2) is 113 Å². The smallest absolute Gasteiger partial charge is 0.238 e. The molecule has 0 bridgehead atoms. The average molecular weight is 667 g/mol. The van der Waals surface area contributed by atoms with Crippen LogP contribution in [0.4, 0.5) is 0 Å². The first kappa shape index (κ1) is 32.0. The number of sulfonamides is 1. The Balaban J connectivity index is 1.35. The first-order chi connectivity index (χ1) is 22.7. The van der Waals surface area contributed by atoms with Crippen LogP contribution in [0.3, 0.4) is 0 Å². The number of carbonyl (C=O) groups is 1. The van der Waals surface area contributed by atoms with Gasteiger partial charge in [-0.05, 0) is 72.5 Å². The molecule has 2 heterocycles. The normalized spacial score (nSPS) is 12.2. The van der Waals surface area contributed by atoms with Crippen molar-refractivity contribution in [2.45, 2.75) is 41.6 Å². The van der Waals surface area contributed by atoms with E-state index >= 15 is 0 Å². The molecule has 6 rings (SSSR count). The number of aromatic nitrogens is 4. The van der Waals surface area contributed by atoms with Gasteiger partial charge in [-0.2, -0.15) is 0 Å². The molecule has 6 aromatic rings. The molecule has 0 unspecified atom stereocenters. The molecule has 0 aliphatic rings. The molecule has 4 aromatic carbocycles. The summed E-state index contributed by atoms with van der Waals surface area (Å²) in [7, 11) is -2.17. The van der Waals surface area contributed by atoms with E-state index in [1.807, 2.05) is 90.4 Å². The van der Waals surface area contributed by atoms with Crippen LogP contribution >= 0.6 is 11.8 Å². The van der Waals surface area contributed by atoms with Crippen molar-refractivity contribution in [2.24, 2.45) is 5.14 Å². The third-order valence-electron chi connectivity index (χ3n) is 7.90. The number of fused-ring (bicyclic) bond motifs is 1. The zero-order valence-electron chi connectivity index (χ0n) is 25.9. The van der Waals surface area contributed by atoms with Crippen molar-refractivity contribution in [2.75, 3.05) is 7.11 Å². The van der Waals surface area contributed by atoms with E-state index < -0.39 is 16.1 Å². The largest absolute Gasteiger partial charge is 0.497 e. The number of rotatable bonds is 12. The zero-order valence-corrected chi connectivity index (χ0v) is 27.5. The van der Waals surface area contributed by atoms with Crippen LogP contribution in [0.1, 0.15) is 34.3 Å². The molecule has 1 amide bonds. The molecule has 4 N–H and O–H groups in total. The van der Waals surface area contributed by atoms with Gasteiger partial charge < -0.3 is 15.0 Å². The van der Waals surface area contributed by atoms with Crippen LogP contribution in [-0.2, 0) is 33.4 Å². The number of para-hydroxylation sites is 1. The summed E-state index contributed by atoms with van der Waals surface area (Å²) in [5.74, 6) is 1.65. The van der Waals surface area contributed by atoms with Gasteiger partial charge in [0.1, 0.15) is 5.75 Å². The van der Waals surface area contributed by atoms with Crippen LogP contribution in [0.25, 0.3) is 16.6 Å². The van der Waals surface area contributed by atoms with Gasteiger partial charge in [0.25, 0.3) is 0 Å². The minimum atomic E-state index is -3.79. The Morgan fingerprint density at radius 3 is 2.34 bits per heavy atom. The fraction of sp³-hybridized carbons (Fsp3) is 0.171. The van der Waals surface area contributed by atoms with Crippen molar-refractivity contribution in [3.63, 3.8) is 0 Å². The Labute approximate surface area is 277 Å². The highest BCUT2D eigenvalue weighted by molar-refractivity contribution is 7.98. The number of methoxy groups -OCH3 is 1. The maximum Gasteiger partial charge on any atom is 0.238 e. The minimum absolute atomic E-state index is 0.0530. The van der Waals surface area contributed by atoms with Crippen LogP contribution in [-0.4, -0.2) is 41.2 Å². The highest BCUT2D eigenvalue weighted by atomic mass is 32.2. The summed E-state index contributed by atoms with van der Waals surface area (Å²) < 4.78 is 30.8. The number of aromatic amines is 1. The zero-order chi connectivity index (χ0) is 33.0. The van der Waals surface area contributed by atoms with Crippen molar-refractivity contribution in [3.05, 3.63) is 131 Å². The maximum atomic E-state index is 13.8. The molecule has 12 heteroatoms. The van der Waals surface area contributed by atoms with Crippen molar-refractivity contribution >= 4 is 38.6 Å². The van der Waals surface area contributed by atoms with E-state index in [9.17, 15) is 13.2 Å². The summed E-state index contributed by atoms with van der Waals surface area (Å²) in [6, 6.07) is 31.4. The van der Waals surface area contributed by atoms with Crippen LogP contribution in [0, 0.1) is 6.92 Å². The number of primary sulfonamides is 1. The summed E-state index contributed by atoms with van der Waals surface area (Å²) in [6.07, 6.45) is 0.696. The lowest BCUT2D eigenvalue weighted by molar-refractivity contribution is -0.121. The number of ether oxygens (including phenoxy) is 1. The van der Waals surface area contributed by atoms with E-state index in [0.29, 0.717) is 28.9 Å². The van der Waals surface area contributed by atoms with Gasteiger partial charge in [-0.3, -0.25) is 9.36 Å². The number of H-pyrrole nitrogens is 1. The predicted molar refractivity (Wildman–Crippen MR) is 183 cm³/mol. The predicted octanol–water partition coefficient (Wildman–Crippen LogP) is 5.65. The van der Waals surface area contributed by atoms with Gasteiger partial charge in [0.15, 0.2) is 11.0 Å². The quantitative estimate of drug-likeness (QED) is 0.143. The van der Waals surface area contributed by atoms with Crippen molar-refractivity contribution in [3.8, 4) is 11.4 Å². The lowest BCUT2D eigenvalue weighted by atomic mass is 10.0. The molecule has 240 valence electrons. The molecule has 1 atom stereocenters. The number of nitrogens with two attached hydrogens (primary N) is 1. The summed E-state index contributed by atoms with van der Waals surface area (Å²) in [4.78, 5) is 17.2. The summed E-state index contributed by atoms with van der Waals surface area (Å²) >= 11 is 1.45. The van der Waals surface area contributed by atoms with Gasteiger partial charge in [0, 0.05) is 28.0 Å². The van der Waals surface area contributed by atoms with Gasteiger partial charge in [0.2, 0.25) is 15.9 Å². The average Bonchev–Trinajstić information content (AvgIpc) is 3.64. The highest BCUT2D eigenvalue weighted by Crippen LogP contribution is 2.30. The highest BCUT2D eigenvalue weighted by Gasteiger charge is 2.26. The molecule has 0 saturated heterocycles. The van der Waals surface area contributed by atoms with Crippen LogP contribution in [0.2, 0.25) is 0 Å². The first-order valence-electron chi connectivity index (χ1n) is 14.9. The van der Waals surface area contributed by atoms with Crippen LogP contribution in [0.5, 0.6) is 5.75 Å². The molecular weight excluding hydrogens is 633 g/mol. The van der Waals surface area contributed by atoms with Gasteiger partial charge in [0.05, 0.1) is 24.5 Å². The lowest BCUT2D eigenvalue weighted by Crippen LogP contribution is -2.33. The van der Waals surface area contributed by atoms with Gasteiger partial charge in [-0.1, -0.05) is 72.4 Å². The van der Waals surface area contributed by atoms with E-state index in [-0.39, 0.29) is 17.2 Å². The number of amides is 1. The molecule has 0 spiro atoms. The molecule has 2 aromatic heterocycles. The number of aryl methyl sites for hydroxylation is 1. The van der Waals surface area contributed by atoms with E-state index in [1.165, 1.54) is 23.9 Å². The fourth-order valence-corrected chi connectivity index (χ4v) is 6.95. The Morgan fingerprint density at radius 1 is 0.936 bits per heavy atom. The van der Waals surface area contributed by atoms with Crippen molar-refractivity contribution < 1.29 is 17.9 Å². The van der Waals surface area contributed by atoms with Gasteiger partial charge in [-0.25, -0.2) is 13.6 Å². The number of benzene rings is 4. The molecule has 0 aliphatic carbocycles. The lowest BCUT2D eigenvalue weighted by Gasteiger charge is -2.20. The van der Waals surface area contributed by atoms with E-state index in [1.54, 1.807) is 19.2 Å². The number of thioether (sulfide) groups is 1. The standard InChI is InChI=1S/C35H34N6O4S2/c1-23-30(29-10-6-7-11-31(29)37-23)21-33(42)38-32(20-24-8-4-3-5-9-24)34-39-40-35(41(34)26-14-16-27(45-2)17-15-26)46-22-25-12-18-28(19-13-25)47(36,43)44/h3-19,32,37H,20-22H2,1-2H3,(H,38,42)(H2,36,43,44)/t32-/m0/s1. The first-order valence-corrected chi connectivity index (χ1v) is 17.5. The molecule has 0 aliphatic heterocycles. The Morgan fingerprint density at radius 2 is 1.64 bits per heavy atom. The molecule has 10 nitrogen and oxygen atoms in total. The number of hydrogen-bond acceptors (Lipinski definition) is 7. The number of nitrogens with one attached hydrogen (secondary N) is 2. The second-order valence-electron chi connectivity index (χ2n) is 11.1. The Bertz CT molecular complexity index is 2110. The monoisotopic (exact) mass is 666 g/mol. The minimum Gasteiger partial charge on any atom is -0.497 e. The molecule has 0 saturated carbocycles. The van der Waals surface area contributed by atoms with E-state index in [0.717, 1.165) is 39.0 Å². The summed E-state index contributed by atoms with van der Waals surface area (Å²) in [5.41, 5.74) is 5.63. The van der Waals surface area contributed by atoms with Gasteiger partial charge in [-0.15, -0.1) is 10.2 Å². The number of carbonyl (C=O) groups excluding carboxylic acids is 1. The van der Waals surface area contributed by atoms with Gasteiger partial charge >= 0.3 is 0 Å². The molecule has 47 heavy (non-hydrogen) atoms. The van der Waals surface area contributed by atoms with Crippen molar-refractivity contribution in [1.29, 1.82) is 0 Å². The summed E-state index contributed by atoms with van der Waals surface area (Å²) in [6.45, 7) is 1.98. The van der Waals surface area contributed by atoms with Crippen molar-refractivity contribution in [1.82, 2.24) is 25.1 Å². The van der Waals surface area contributed by atoms with E-state index in [4.69, 9.17) is 9.88 Å². The SMILES string of the molecule is COc1ccc(-n2c(SCc3ccc(S(N)(=O)=O)cc3)nnc2[C@H](Cc2ccccc2)NC(=O)Cc2c(C)[nH]c3ccccc23)cc1. The topological polar surface area (TPSA) is 145 Å². The third-order valence-corrected chi connectivity index (χ3v) is 9.83. The Hall–Kier alpha value is -4.91. The molecule has 0 radical (unpaired) electrons. The maximum absolute atomic E-state index is 13.8. The van der Waals surface area contributed by atoms with E-state index in [2.05, 4.69) is 20.5 Å². The fourth-order valence-electron chi connectivity index (χ4n) is 5.52. The second kappa shape index (κ2) is 13.8. The Kier molecular flexibility index (Phi) is 9.43. The number of hydrogen-bond donors (Lipinski definition) is 3. The third kappa shape index (κ3) is 7.40. The molecule has 0 fully saturated rings. The second-order valence-corrected chi connectivity index (χ2v) is 13.6. The number of nitrogens with zero attached hydrogens (tertiary/aromatic N) is 3. The summed E-state index contributed by atoms with van der Waals surface area (Å²) in [5, 5.41) is 19.4.